The molecule has 2 rings (SSSR count). The van der Waals surface area contributed by atoms with Gasteiger partial charge in [0.25, 0.3) is 5.91 Å². The van der Waals surface area contributed by atoms with Crippen molar-refractivity contribution >= 4 is 27.7 Å². The maximum absolute atomic E-state index is 12.3. The molecule has 1 aromatic rings. The van der Waals surface area contributed by atoms with Gasteiger partial charge in [-0.05, 0) is 46.7 Å². The number of carbonyl (C=O) groups excluding carboxylic acids is 1. The molecule has 0 aromatic carbocycles. The molecule has 110 valence electrons. The molecule has 20 heavy (non-hydrogen) atoms. The number of aromatic nitrogens is 1. The molecule has 0 aliphatic heterocycles. The first-order valence-electron chi connectivity index (χ1n) is 6.71. The monoisotopic (exact) mass is 341 g/mol. The Labute approximate surface area is 127 Å². The molecule has 0 unspecified atom stereocenters. The van der Waals surface area contributed by atoms with Crippen LogP contribution in [0, 0.1) is 5.41 Å². The van der Waals surface area contributed by atoms with Crippen molar-refractivity contribution in [1.82, 2.24) is 10.3 Å². The van der Waals surface area contributed by atoms with Crippen LogP contribution in [-0.4, -0.2) is 38.2 Å². The normalized spacial score (nSPS) is 15.8. The van der Waals surface area contributed by atoms with Gasteiger partial charge in [0.1, 0.15) is 5.82 Å². The van der Waals surface area contributed by atoms with Gasteiger partial charge in [0.15, 0.2) is 0 Å². The van der Waals surface area contributed by atoms with Gasteiger partial charge in [-0.1, -0.05) is 0 Å². The molecule has 0 radical (unpaired) electrons. The standard InChI is InChI=1S/C14H20BrN3O2/c1-16-12-11(7-10(15)8-17-12)13(19)18-9-14(3-4-14)5-6-20-2/h7-8H,3-6,9H2,1-2H3,(H,16,17)(H,18,19). The summed E-state index contributed by atoms with van der Waals surface area (Å²) in [5, 5.41) is 5.96. The number of hydrogen-bond donors (Lipinski definition) is 2. The van der Waals surface area contributed by atoms with Crippen LogP contribution in [0.1, 0.15) is 29.6 Å². The van der Waals surface area contributed by atoms with Crippen molar-refractivity contribution in [3.63, 3.8) is 0 Å². The number of ether oxygens (including phenoxy) is 1. The van der Waals surface area contributed by atoms with Crippen molar-refractivity contribution in [3.8, 4) is 0 Å². The molecule has 2 N–H and O–H groups in total. The second-order valence-corrected chi connectivity index (χ2v) is 6.14. The zero-order valence-corrected chi connectivity index (χ0v) is 13.4. The third-order valence-corrected chi connectivity index (χ3v) is 4.19. The summed E-state index contributed by atoms with van der Waals surface area (Å²) in [7, 11) is 3.47. The molecule has 1 heterocycles. The molecule has 1 amide bonds. The maximum Gasteiger partial charge on any atom is 0.255 e. The second-order valence-electron chi connectivity index (χ2n) is 5.23. The minimum Gasteiger partial charge on any atom is -0.385 e. The number of nitrogens with zero attached hydrogens (tertiary/aromatic N) is 1. The number of hydrogen-bond acceptors (Lipinski definition) is 4. The zero-order chi connectivity index (χ0) is 14.6. The number of amides is 1. The molecule has 0 spiro atoms. The van der Waals surface area contributed by atoms with Crippen LogP contribution < -0.4 is 10.6 Å². The van der Waals surface area contributed by atoms with E-state index in [1.807, 2.05) is 0 Å². The largest absolute Gasteiger partial charge is 0.385 e. The fourth-order valence-corrected chi connectivity index (χ4v) is 2.52. The minimum absolute atomic E-state index is 0.0909. The van der Waals surface area contributed by atoms with E-state index in [-0.39, 0.29) is 11.3 Å². The fourth-order valence-electron chi connectivity index (χ4n) is 2.19. The molecule has 1 aromatic heterocycles. The summed E-state index contributed by atoms with van der Waals surface area (Å²) >= 11 is 3.34. The van der Waals surface area contributed by atoms with E-state index >= 15 is 0 Å². The van der Waals surface area contributed by atoms with Crippen LogP contribution in [0.5, 0.6) is 0 Å². The predicted molar refractivity (Wildman–Crippen MR) is 82.0 cm³/mol. The van der Waals surface area contributed by atoms with E-state index in [0.29, 0.717) is 17.9 Å². The summed E-state index contributed by atoms with van der Waals surface area (Å²) in [4.78, 5) is 16.5. The average molecular weight is 342 g/mol. The minimum atomic E-state index is -0.0909. The van der Waals surface area contributed by atoms with Gasteiger partial charge in [0, 0.05) is 38.0 Å². The van der Waals surface area contributed by atoms with Gasteiger partial charge in [-0.25, -0.2) is 4.98 Å². The van der Waals surface area contributed by atoms with Crippen LogP contribution in [0.3, 0.4) is 0 Å². The number of rotatable bonds is 7. The Morgan fingerprint density at radius 3 is 2.90 bits per heavy atom. The van der Waals surface area contributed by atoms with Crippen molar-refractivity contribution in [2.24, 2.45) is 5.41 Å². The topological polar surface area (TPSA) is 63.2 Å². The first-order chi connectivity index (χ1) is 9.60. The molecule has 0 saturated heterocycles. The van der Waals surface area contributed by atoms with E-state index in [1.54, 1.807) is 26.4 Å². The Kier molecular flexibility index (Phi) is 4.99. The summed E-state index contributed by atoms with van der Waals surface area (Å²) < 4.78 is 5.92. The molecule has 0 atom stereocenters. The third-order valence-electron chi connectivity index (χ3n) is 3.75. The maximum atomic E-state index is 12.3. The SMILES string of the molecule is CNc1ncc(Br)cc1C(=O)NCC1(CCOC)CC1. The molecule has 6 heteroatoms. The molecule has 5 nitrogen and oxygen atoms in total. The molecule has 1 fully saturated rings. The number of nitrogens with one attached hydrogen (secondary N) is 2. The van der Waals surface area contributed by atoms with Crippen molar-refractivity contribution < 1.29 is 9.53 Å². The Hall–Kier alpha value is -1.14. The van der Waals surface area contributed by atoms with E-state index < -0.39 is 0 Å². The lowest BCUT2D eigenvalue weighted by atomic mass is 10.0. The number of halogens is 1. The summed E-state index contributed by atoms with van der Waals surface area (Å²) in [5.74, 6) is 0.499. The highest BCUT2D eigenvalue weighted by molar-refractivity contribution is 9.10. The first kappa shape index (κ1) is 15.3. The van der Waals surface area contributed by atoms with Crippen LogP contribution in [-0.2, 0) is 4.74 Å². The highest BCUT2D eigenvalue weighted by Crippen LogP contribution is 2.48. The summed E-state index contributed by atoms with van der Waals surface area (Å²) in [6, 6.07) is 1.78. The predicted octanol–water partition coefficient (Wildman–Crippen LogP) is 2.43. The lowest BCUT2D eigenvalue weighted by Crippen LogP contribution is -2.31. The van der Waals surface area contributed by atoms with Crippen LogP contribution in [0.4, 0.5) is 5.82 Å². The van der Waals surface area contributed by atoms with E-state index in [0.717, 1.165) is 30.3 Å². The van der Waals surface area contributed by atoms with Crippen molar-refractivity contribution in [2.75, 3.05) is 32.6 Å². The van der Waals surface area contributed by atoms with E-state index in [9.17, 15) is 4.79 Å². The Balaban J connectivity index is 1.97. The summed E-state index contributed by atoms with van der Waals surface area (Å²) in [6.07, 6.45) is 4.99. The number of anilines is 1. The Morgan fingerprint density at radius 1 is 1.55 bits per heavy atom. The van der Waals surface area contributed by atoms with Crippen molar-refractivity contribution in [2.45, 2.75) is 19.3 Å². The first-order valence-corrected chi connectivity index (χ1v) is 7.50. The summed E-state index contributed by atoms with van der Waals surface area (Å²) in [6.45, 7) is 1.45. The fraction of sp³-hybridized carbons (Fsp3) is 0.571. The van der Waals surface area contributed by atoms with E-state index in [4.69, 9.17) is 4.74 Å². The third kappa shape index (κ3) is 3.70. The van der Waals surface area contributed by atoms with Crippen LogP contribution in [0.25, 0.3) is 0 Å². The van der Waals surface area contributed by atoms with Gasteiger partial charge in [-0.2, -0.15) is 0 Å². The van der Waals surface area contributed by atoms with Crippen LogP contribution in [0.2, 0.25) is 0 Å². The molecule has 0 bridgehead atoms. The molecular weight excluding hydrogens is 322 g/mol. The number of pyridine rings is 1. The Bertz CT molecular complexity index is 489. The molecule has 1 aliphatic rings. The second kappa shape index (κ2) is 6.54. The van der Waals surface area contributed by atoms with Gasteiger partial charge < -0.3 is 15.4 Å². The van der Waals surface area contributed by atoms with Gasteiger partial charge >= 0.3 is 0 Å². The van der Waals surface area contributed by atoms with E-state index in [1.165, 1.54) is 0 Å². The van der Waals surface area contributed by atoms with Gasteiger partial charge in [0.2, 0.25) is 0 Å². The Morgan fingerprint density at radius 2 is 2.30 bits per heavy atom. The zero-order valence-electron chi connectivity index (χ0n) is 11.8. The average Bonchev–Trinajstić information content (AvgIpc) is 3.23. The van der Waals surface area contributed by atoms with Gasteiger partial charge in [-0.15, -0.1) is 0 Å². The van der Waals surface area contributed by atoms with E-state index in [2.05, 4.69) is 31.5 Å². The van der Waals surface area contributed by atoms with Gasteiger partial charge in [0.05, 0.1) is 5.56 Å². The van der Waals surface area contributed by atoms with Crippen molar-refractivity contribution in [1.29, 1.82) is 0 Å². The molecular formula is C14H20BrN3O2. The quantitative estimate of drug-likeness (QED) is 0.799. The number of methoxy groups -OCH3 is 1. The summed E-state index contributed by atoms with van der Waals surface area (Å²) in [5.41, 5.74) is 0.801. The lowest BCUT2D eigenvalue weighted by molar-refractivity contribution is 0.0938. The van der Waals surface area contributed by atoms with Crippen molar-refractivity contribution in [3.05, 3.63) is 22.3 Å². The van der Waals surface area contributed by atoms with Crippen LogP contribution >= 0.6 is 15.9 Å². The smallest absolute Gasteiger partial charge is 0.255 e. The molecule has 1 aliphatic carbocycles. The highest BCUT2D eigenvalue weighted by Gasteiger charge is 2.42. The lowest BCUT2D eigenvalue weighted by Gasteiger charge is -2.16. The van der Waals surface area contributed by atoms with Crippen LogP contribution in [0.15, 0.2) is 16.7 Å². The molecule has 1 saturated carbocycles. The number of carbonyl (C=O) groups is 1. The van der Waals surface area contributed by atoms with Gasteiger partial charge in [-0.3, -0.25) is 4.79 Å². The highest BCUT2D eigenvalue weighted by atomic mass is 79.9.